The average molecular weight is 313 g/mol. The lowest BCUT2D eigenvalue weighted by Crippen LogP contribution is -2.40. The number of carbonyl (C=O) groups is 1. The van der Waals surface area contributed by atoms with Gasteiger partial charge in [0.15, 0.2) is 0 Å². The maximum absolute atomic E-state index is 12.1. The minimum absolute atomic E-state index is 0.374. The van der Waals surface area contributed by atoms with Crippen LogP contribution in [0.15, 0.2) is 54.6 Å². The predicted octanol–water partition coefficient (Wildman–Crippen LogP) is 4.34. The lowest BCUT2D eigenvalue weighted by atomic mass is 9.95. The number of para-hydroxylation sites is 1. The molecular weight excluding hydrogens is 286 g/mol. The van der Waals surface area contributed by atoms with Crippen molar-refractivity contribution in [1.82, 2.24) is 0 Å². The van der Waals surface area contributed by atoms with E-state index in [-0.39, 0.29) is 5.91 Å². The van der Waals surface area contributed by atoms with Gasteiger partial charge in [0.2, 0.25) is 0 Å². The molecule has 23 heavy (non-hydrogen) atoms. The number of anilines is 1. The van der Waals surface area contributed by atoms with Crippen molar-refractivity contribution in [3.63, 3.8) is 0 Å². The molecule has 0 saturated heterocycles. The van der Waals surface area contributed by atoms with Gasteiger partial charge >= 0.3 is 0 Å². The van der Waals surface area contributed by atoms with Crippen LogP contribution >= 0.6 is 0 Å². The average Bonchev–Trinajstić information content (AvgIpc) is 2.57. The molecule has 0 aliphatic carbocycles. The van der Waals surface area contributed by atoms with Crippen molar-refractivity contribution in [2.75, 3.05) is 5.32 Å². The molecule has 2 aromatic rings. The Hall–Kier alpha value is -2.13. The molecule has 0 heterocycles. The number of hydrogen-bond acceptors (Lipinski definition) is 2. The number of benzene rings is 2. The highest BCUT2D eigenvalue weighted by atomic mass is 16.3. The van der Waals surface area contributed by atoms with Crippen LogP contribution in [-0.4, -0.2) is 16.6 Å². The number of nitrogens with one attached hydrogen (secondary N) is 1. The zero-order valence-electron chi connectivity index (χ0n) is 14.5. The summed E-state index contributed by atoms with van der Waals surface area (Å²) in [6.45, 7) is 7.59. The smallest absolute Gasteiger partial charge is 0.256 e. The lowest BCUT2D eigenvalue weighted by molar-refractivity contribution is -0.132. The molecule has 2 N–H and O–H groups in total. The first-order chi connectivity index (χ1) is 11.0. The summed E-state index contributed by atoms with van der Waals surface area (Å²) in [5.41, 5.74) is 1.62. The number of hydrogen-bond donors (Lipinski definition) is 2. The molecule has 1 amide bonds. The summed E-state index contributed by atoms with van der Waals surface area (Å²) in [7, 11) is 0. The summed E-state index contributed by atoms with van der Waals surface area (Å²) in [5.74, 6) is -0.374. The quantitative estimate of drug-likeness (QED) is 0.862. The van der Waals surface area contributed by atoms with Crippen LogP contribution in [0.5, 0.6) is 0 Å². The summed E-state index contributed by atoms with van der Waals surface area (Å²) in [6, 6.07) is 17.3. The molecule has 0 saturated carbocycles. The Bertz CT molecular complexity index is 589. The molecule has 0 aliphatic rings. The molecule has 2 aromatic carbocycles. The van der Waals surface area contributed by atoms with E-state index in [1.165, 1.54) is 5.56 Å². The zero-order chi connectivity index (χ0) is 17.3. The first-order valence-corrected chi connectivity index (χ1v) is 8.12. The highest BCUT2D eigenvalue weighted by Crippen LogP contribution is 2.17. The Morgan fingerprint density at radius 1 is 1.04 bits per heavy atom. The monoisotopic (exact) mass is 313 g/mol. The molecule has 0 aromatic heterocycles. The van der Waals surface area contributed by atoms with Crippen molar-refractivity contribution in [2.24, 2.45) is 0 Å². The number of rotatable bonds is 5. The van der Waals surface area contributed by atoms with Gasteiger partial charge in [-0.05, 0) is 44.4 Å². The van der Waals surface area contributed by atoms with Crippen molar-refractivity contribution >= 4 is 11.6 Å². The molecule has 124 valence electrons. The van der Waals surface area contributed by atoms with E-state index in [1.807, 2.05) is 63.2 Å². The van der Waals surface area contributed by atoms with E-state index in [0.717, 1.165) is 5.56 Å². The fourth-order valence-corrected chi connectivity index (χ4v) is 2.04. The van der Waals surface area contributed by atoms with Crippen LogP contribution in [0.2, 0.25) is 0 Å². The van der Waals surface area contributed by atoms with Crippen LogP contribution in [0, 0.1) is 6.92 Å². The van der Waals surface area contributed by atoms with Crippen molar-refractivity contribution in [2.45, 2.75) is 46.1 Å². The fourth-order valence-electron chi connectivity index (χ4n) is 2.04. The van der Waals surface area contributed by atoms with Crippen molar-refractivity contribution in [3.8, 4) is 0 Å². The molecule has 0 fully saturated rings. The van der Waals surface area contributed by atoms with Crippen molar-refractivity contribution in [3.05, 3.63) is 65.7 Å². The van der Waals surface area contributed by atoms with E-state index in [9.17, 15) is 9.90 Å². The summed E-state index contributed by atoms with van der Waals surface area (Å²) in [6.07, 6.45) is 1.05. The van der Waals surface area contributed by atoms with Crippen LogP contribution in [0.4, 0.5) is 5.69 Å². The first kappa shape index (κ1) is 18.9. The maximum atomic E-state index is 12.1. The third-order valence-corrected chi connectivity index (χ3v) is 3.54. The topological polar surface area (TPSA) is 49.3 Å². The summed E-state index contributed by atoms with van der Waals surface area (Å²) < 4.78 is 0. The molecule has 1 atom stereocenters. The van der Waals surface area contributed by atoms with Crippen LogP contribution in [0.1, 0.15) is 38.3 Å². The summed E-state index contributed by atoms with van der Waals surface area (Å²) in [4.78, 5) is 12.1. The highest BCUT2D eigenvalue weighted by Gasteiger charge is 2.29. The molecule has 0 aliphatic heterocycles. The Labute approximate surface area is 139 Å². The predicted molar refractivity (Wildman–Crippen MR) is 96.5 cm³/mol. The van der Waals surface area contributed by atoms with Gasteiger partial charge in [-0.1, -0.05) is 61.9 Å². The third-order valence-electron chi connectivity index (χ3n) is 3.54. The highest BCUT2D eigenvalue weighted by molar-refractivity contribution is 5.96. The van der Waals surface area contributed by atoms with Gasteiger partial charge in [-0.2, -0.15) is 0 Å². The van der Waals surface area contributed by atoms with E-state index >= 15 is 0 Å². The van der Waals surface area contributed by atoms with Gasteiger partial charge < -0.3 is 10.4 Å². The lowest BCUT2D eigenvalue weighted by Gasteiger charge is -2.22. The minimum atomic E-state index is -1.39. The zero-order valence-corrected chi connectivity index (χ0v) is 14.5. The second-order valence-electron chi connectivity index (χ2n) is 5.58. The van der Waals surface area contributed by atoms with E-state index < -0.39 is 5.60 Å². The molecule has 3 nitrogen and oxygen atoms in total. The standard InChI is InChI=1S/C18H21NO2.C2H6/c1-14-8-10-15(11-9-14)12-13-18(2,21)17(20)19-16-6-4-3-5-7-16;1-2/h3-11,21H,12-13H2,1-2H3,(H,19,20);1-2H3/t18-;/m0./s1. The van der Waals surface area contributed by atoms with Crippen LogP contribution in [-0.2, 0) is 11.2 Å². The van der Waals surface area contributed by atoms with Crippen LogP contribution < -0.4 is 5.32 Å². The van der Waals surface area contributed by atoms with E-state index in [2.05, 4.69) is 5.32 Å². The normalized spacial score (nSPS) is 12.6. The Morgan fingerprint density at radius 3 is 2.17 bits per heavy atom. The minimum Gasteiger partial charge on any atom is -0.380 e. The van der Waals surface area contributed by atoms with Crippen LogP contribution in [0.25, 0.3) is 0 Å². The van der Waals surface area contributed by atoms with Gasteiger partial charge in [-0.25, -0.2) is 0 Å². The van der Waals surface area contributed by atoms with Gasteiger partial charge in [-0.3, -0.25) is 4.79 Å². The second kappa shape index (κ2) is 9.11. The van der Waals surface area contributed by atoms with Gasteiger partial charge in [-0.15, -0.1) is 0 Å². The molecular formula is C20H27NO2. The number of carbonyl (C=O) groups excluding carboxylic acids is 1. The number of aryl methyl sites for hydroxylation is 2. The first-order valence-electron chi connectivity index (χ1n) is 8.12. The molecule has 3 heteroatoms. The third kappa shape index (κ3) is 6.25. The molecule has 0 unspecified atom stereocenters. The van der Waals surface area contributed by atoms with Gasteiger partial charge in [0, 0.05) is 5.69 Å². The summed E-state index contributed by atoms with van der Waals surface area (Å²) in [5, 5.41) is 13.1. The molecule has 0 radical (unpaired) electrons. The number of aliphatic hydroxyl groups is 1. The number of amides is 1. The van der Waals surface area contributed by atoms with Gasteiger partial charge in [0.05, 0.1) is 0 Å². The van der Waals surface area contributed by atoms with Crippen molar-refractivity contribution < 1.29 is 9.90 Å². The Kier molecular flexibility index (Phi) is 7.49. The fraction of sp³-hybridized carbons (Fsp3) is 0.350. The molecule has 0 spiro atoms. The maximum Gasteiger partial charge on any atom is 0.256 e. The molecule has 2 rings (SSSR count). The van der Waals surface area contributed by atoms with Gasteiger partial charge in [0.25, 0.3) is 5.91 Å². The van der Waals surface area contributed by atoms with E-state index in [4.69, 9.17) is 0 Å². The van der Waals surface area contributed by atoms with E-state index in [0.29, 0.717) is 18.5 Å². The largest absolute Gasteiger partial charge is 0.380 e. The summed E-state index contributed by atoms with van der Waals surface area (Å²) >= 11 is 0. The van der Waals surface area contributed by atoms with Crippen LogP contribution in [0.3, 0.4) is 0 Å². The second-order valence-corrected chi connectivity index (χ2v) is 5.58. The Morgan fingerprint density at radius 2 is 1.61 bits per heavy atom. The SMILES string of the molecule is CC.Cc1ccc(CC[C@](C)(O)C(=O)Nc2ccccc2)cc1. The Balaban J connectivity index is 0.00000127. The van der Waals surface area contributed by atoms with Crippen molar-refractivity contribution in [1.29, 1.82) is 0 Å². The van der Waals surface area contributed by atoms with Gasteiger partial charge in [0.1, 0.15) is 5.60 Å². The van der Waals surface area contributed by atoms with E-state index in [1.54, 1.807) is 19.1 Å². The molecule has 0 bridgehead atoms.